The highest BCUT2D eigenvalue weighted by molar-refractivity contribution is 7.07. The van der Waals surface area contributed by atoms with Crippen molar-refractivity contribution in [1.29, 1.82) is 0 Å². The SMILES string of the molecule is CC(C)CN1CCc2[nH]cnc2C12CCN(C(=O)CCc1ccsc1)CC2. The third-order valence-corrected chi connectivity index (χ3v) is 6.86. The quantitative estimate of drug-likeness (QED) is 0.856. The van der Waals surface area contributed by atoms with Gasteiger partial charge in [0, 0.05) is 44.7 Å². The fourth-order valence-corrected chi connectivity index (χ4v) is 5.46. The van der Waals surface area contributed by atoms with Crippen molar-refractivity contribution >= 4 is 17.2 Å². The van der Waals surface area contributed by atoms with Crippen LogP contribution in [0.1, 0.15) is 50.1 Å². The van der Waals surface area contributed by atoms with E-state index in [2.05, 4.69) is 45.5 Å². The highest BCUT2D eigenvalue weighted by Gasteiger charge is 2.47. The molecule has 27 heavy (non-hydrogen) atoms. The van der Waals surface area contributed by atoms with Gasteiger partial charge >= 0.3 is 0 Å². The number of aromatic amines is 1. The van der Waals surface area contributed by atoms with E-state index in [1.54, 1.807) is 11.3 Å². The lowest BCUT2D eigenvalue weighted by Gasteiger charge is -2.51. The standard InChI is InChI=1S/C21H30N4OS/c1-16(2)13-25-9-5-18-20(23-15-22-18)21(25)7-10-24(11-8-21)19(26)4-3-17-6-12-27-14-17/h6,12,14-16H,3-5,7-11,13H2,1-2H3,(H,22,23). The molecule has 0 saturated carbocycles. The molecule has 146 valence electrons. The van der Waals surface area contributed by atoms with E-state index in [1.165, 1.54) is 17.0 Å². The minimum absolute atomic E-state index is 0.00198. The number of thiophene rings is 1. The molecule has 1 fully saturated rings. The van der Waals surface area contributed by atoms with Gasteiger partial charge < -0.3 is 9.88 Å². The summed E-state index contributed by atoms with van der Waals surface area (Å²) >= 11 is 1.70. The first-order chi connectivity index (χ1) is 13.1. The van der Waals surface area contributed by atoms with Gasteiger partial charge in [0.25, 0.3) is 0 Å². The van der Waals surface area contributed by atoms with Crippen LogP contribution < -0.4 is 0 Å². The topological polar surface area (TPSA) is 52.2 Å². The Morgan fingerprint density at radius 2 is 2.15 bits per heavy atom. The Kier molecular flexibility index (Phi) is 5.37. The molecular weight excluding hydrogens is 356 g/mol. The van der Waals surface area contributed by atoms with Crippen molar-refractivity contribution in [2.75, 3.05) is 26.2 Å². The largest absolute Gasteiger partial charge is 0.348 e. The van der Waals surface area contributed by atoms with E-state index in [0.29, 0.717) is 18.2 Å². The van der Waals surface area contributed by atoms with Crippen LogP contribution in [0.25, 0.3) is 0 Å². The van der Waals surface area contributed by atoms with Crippen molar-refractivity contribution in [3.63, 3.8) is 0 Å². The summed E-state index contributed by atoms with van der Waals surface area (Å²) in [7, 11) is 0. The van der Waals surface area contributed by atoms with Gasteiger partial charge in [0.2, 0.25) is 5.91 Å². The molecule has 0 radical (unpaired) electrons. The summed E-state index contributed by atoms with van der Waals surface area (Å²) < 4.78 is 0. The Morgan fingerprint density at radius 3 is 2.85 bits per heavy atom. The Morgan fingerprint density at radius 1 is 1.33 bits per heavy atom. The average molecular weight is 387 g/mol. The molecular formula is C21H30N4OS. The first-order valence-corrected chi connectivity index (χ1v) is 11.1. The smallest absolute Gasteiger partial charge is 0.222 e. The van der Waals surface area contributed by atoms with E-state index in [-0.39, 0.29) is 5.54 Å². The molecule has 0 aliphatic carbocycles. The first-order valence-electron chi connectivity index (χ1n) is 10.1. The maximum Gasteiger partial charge on any atom is 0.222 e. The molecule has 4 heterocycles. The van der Waals surface area contributed by atoms with E-state index in [9.17, 15) is 4.79 Å². The van der Waals surface area contributed by atoms with Crippen molar-refractivity contribution < 1.29 is 4.79 Å². The monoisotopic (exact) mass is 386 g/mol. The van der Waals surface area contributed by atoms with Crippen molar-refractivity contribution in [2.24, 2.45) is 5.92 Å². The van der Waals surface area contributed by atoms with Gasteiger partial charge in [0.1, 0.15) is 0 Å². The number of nitrogens with one attached hydrogen (secondary N) is 1. The Bertz CT molecular complexity index is 759. The van der Waals surface area contributed by atoms with Crippen molar-refractivity contribution in [3.8, 4) is 0 Å². The van der Waals surface area contributed by atoms with Gasteiger partial charge in [0.15, 0.2) is 0 Å². The van der Waals surface area contributed by atoms with Gasteiger partial charge in [-0.1, -0.05) is 13.8 Å². The molecule has 2 aromatic heterocycles. The highest BCUT2D eigenvalue weighted by Crippen LogP contribution is 2.42. The van der Waals surface area contributed by atoms with E-state index >= 15 is 0 Å². The van der Waals surface area contributed by atoms with Crippen LogP contribution in [0.2, 0.25) is 0 Å². The van der Waals surface area contributed by atoms with Crippen LogP contribution in [0, 0.1) is 5.92 Å². The molecule has 0 atom stereocenters. The molecule has 2 aliphatic heterocycles. The number of nitrogens with zero attached hydrogens (tertiary/aromatic N) is 3. The maximum atomic E-state index is 12.7. The molecule has 1 spiro atoms. The van der Waals surface area contributed by atoms with E-state index < -0.39 is 0 Å². The van der Waals surface area contributed by atoms with Crippen LogP contribution in [0.15, 0.2) is 23.2 Å². The summed E-state index contributed by atoms with van der Waals surface area (Å²) in [5.41, 5.74) is 3.81. The predicted molar refractivity (Wildman–Crippen MR) is 109 cm³/mol. The second kappa shape index (κ2) is 7.76. The number of rotatable bonds is 5. The molecule has 0 unspecified atom stereocenters. The van der Waals surface area contributed by atoms with Gasteiger partial charge in [-0.05, 0) is 47.6 Å². The number of fused-ring (bicyclic) bond motifs is 2. The van der Waals surface area contributed by atoms with Crippen LogP contribution in [0.5, 0.6) is 0 Å². The van der Waals surface area contributed by atoms with E-state index in [1.807, 2.05) is 6.33 Å². The van der Waals surface area contributed by atoms with Crippen LogP contribution in [0.3, 0.4) is 0 Å². The Labute approximate surface area is 165 Å². The van der Waals surface area contributed by atoms with Crippen molar-refractivity contribution in [1.82, 2.24) is 19.8 Å². The van der Waals surface area contributed by atoms with E-state index in [0.717, 1.165) is 51.9 Å². The minimum atomic E-state index is 0.00198. The number of piperidine rings is 1. The summed E-state index contributed by atoms with van der Waals surface area (Å²) in [5, 5.41) is 4.22. The number of carbonyl (C=O) groups excluding carboxylic acids is 1. The lowest BCUT2D eigenvalue weighted by atomic mass is 9.78. The molecule has 2 aromatic rings. The normalized spacial score (nSPS) is 19.6. The molecule has 1 N–H and O–H groups in total. The second-order valence-electron chi connectivity index (χ2n) is 8.36. The molecule has 4 rings (SSSR count). The van der Waals surface area contributed by atoms with Gasteiger partial charge in [0.05, 0.1) is 17.6 Å². The predicted octanol–water partition coefficient (Wildman–Crippen LogP) is 3.44. The van der Waals surface area contributed by atoms with Gasteiger partial charge in [-0.25, -0.2) is 4.98 Å². The summed E-state index contributed by atoms with van der Waals surface area (Å²) in [5.74, 6) is 0.928. The number of carbonyl (C=O) groups is 1. The van der Waals surface area contributed by atoms with Crippen LogP contribution >= 0.6 is 11.3 Å². The van der Waals surface area contributed by atoms with Gasteiger partial charge in [-0.15, -0.1) is 0 Å². The Balaban J connectivity index is 1.44. The number of amides is 1. The maximum absolute atomic E-state index is 12.7. The third-order valence-electron chi connectivity index (χ3n) is 6.13. The zero-order valence-electron chi connectivity index (χ0n) is 16.4. The molecule has 0 aromatic carbocycles. The fourth-order valence-electron chi connectivity index (χ4n) is 4.75. The first kappa shape index (κ1) is 18.7. The summed E-state index contributed by atoms with van der Waals surface area (Å²) in [6, 6.07) is 2.12. The molecule has 2 aliphatic rings. The average Bonchev–Trinajstić information content (AvgIpc) is 3.34. The van der Waals surface area contributed by atoms with Crippen molar-refractivity contribution in [3.05, 3.63) is 40.1 Å². The number of hydrogen-bond acceptors (Lipinski definition) is 4. The molecule has 6 heteroatoms. The summed E-state index contributed by atoms with van der Waals surface area (Å²) in [6.45, 7) is 8.43. The molecule has 5 nitrogen and oxygen atoms in total. The van der Waals surface area contributed by atoms with E-state index in [4.69, 9.17) is 4.98 Å². The van der Waals surface area contributed by atoms with Crippen LogP contribution in [-0.2, 0) is 23.2 Å². The molecule has 0 bridgehead atoms. The molecule has 1 saturated heterocycles. The zero-order chi connectivity index (χ0) is 18.9. The Hall–Kier alpha value is -1.66. The number of imidazole rings is 1. The van der Waals surface area contributed by atoms with Gasteiger partial charge in [-0.3, -0.25) is 9.69 Å². The number of H-pyrrole nitrogens is 1. The lowest BCUT2D eigenvalue weighted by molar-refractivity contribution is -0.134. The number of likely N-dealkylation sites (tertiary alicyclic amines) is 1. The fraction of sp³-hybridized carbons (Fsp3) is 0.619. The highest BCUT2D eigenvalue weighted by atomic mass is 32.1. The van der Waals surface area contributed by atoms with Gasteiger partial charge in [-0.2, -0.15) is 11.3 Å². The van der Waals surface area contributed by atoms with Crippen LogP contribution in [-0.4, -0.2) is 51.9 Å². The number of hydrogen-bond donors (Lipinski definition) is 1. The van der Waals surface area contributed by atoms with Crippen molar-refractivity contribution in [2.45, 2.75) is 51.5 Å². The number of aryl methyl sites for hydroxylation is 1. The molecule has 1 amide bonds. The lowest BCUT2D eigenvalue weighted by Crippen LogP contribution is -2.57. The zero-order valence-corrected chi connectivity index (χ0v) is 17.2. The minimum Gasteiger partial charge on any atom is -0.348 e. The summed E-state index contributed by atoms with van der Waals surface area (Å²) in [6.07, 6.45) is 6.35. The third kappa shape index (κ3) is 3.69. The summed E-state index contributed by atoms with van der Waals surface area (Å²) in [4.78, 5) is 25.5. The second-order valence-corrected chi connectivity index (χ2v) is 9.14. The van der Waals surface area contributed by atoms with Crippen LogP contribution in [0.4, 0.5) is 0 Å². The number of aromatic nitrogens is 2.